The average molecular weight is 287 g/mol. The molecule has 0 amide bonds. The maximum atomic E-state index is 13.7. The van der Waals surface area contributed by atoms with Crippen molar-refractivity contribution < 1.29 is 4.39 Å². The molecule has 2 rings (SSSR count). The van der Waals surface area contributed by atoms with Crippen LogP contribution in [-0.2, 0) is 0 Å². The Hall–Kier alpha value is -0.450. The molecule has 1 heterocycles. The zero-order chi connectivity index (χ0) is 11.5. The van der Waals surface area contributed by atoms with Crippen LogP contribution in [0.25, 0.3) is 0 Å². The van der Waals surface area contributed by atoms with E-state index in [-0.39, 0.29) is 11.9 Å². The van der Waals surface area contributed by atoms with Gasteiger partial charge in [0, 0.05) is 16.1 Å². The van der Waals surface area contributed by atoms with E-state index in [2.05, 4.69) is 21.2 Å². The molecule has 2 nitrogen and oxygen atoms in total. The molecule has 0 saturated carbocycles. The molecule has 1 aromatic carbocycles. The molecule has 1 aliphatic rings. The molecule has 16 heavy (non-hydrogen) atoms. The predicted octanol–water partition coefficient (Wildman–Crippen LogP) is 2.59. The summed E-state index contributed by atoms with van der Waals surface area (Å²) in [6.45, 7) is 1.95. The van der Waals surface area contributed by atoms with E-state index >= 15 is 0 Å². The Morgan fingerprint density at radius 1 is 1.38 bits per heavy atom. The SMILES string of the molecule is N[C@@H](c1c(F)cccc1Br)C1CCNCC1. The minimum absolute atomic E-state index is 0.208. The van der Waals surface area contributed by atoms with Crippen LogP contribution < -0.4 is 11.1 Å². The van der Waals surface area contributed by atoms with Gasteiger partial charge in [-0.2, -0.15) is 0 Å². The molecular formula is C12H16BrFN2. The van der Waals surface area contributed by atoms with Gasteiger partial charge in [-0.15, -0.1) is 0 Å². The van der Waals surface area contributed by atoms with Gasteiger partial charge in [0.2, 0.25) is 0 Å². The fraction of sp³-hybridized carbons (Fsp3) is 0.500. The largest absolute Gasteiger partial charge is 0.324 e. The molecule has 0 unspecified atom stereocenters. The first-order valence-electron chi connectivity index (χ1n) is 5.60. The van der Waals surface area contributed by atoms with Crippen molar-refractivity contribution in [2.45, 2.75) is 18.9 Å². The van der Waals surface area contributed by atoms with Crippen LogP contribution >= 0.6 is 15.9 Å². The smallest absolute Gasteiger partial charge is 0.129 e. The number of piperidine rings is 1. The van der Waals surface area contributed by atoms with Gasteiger partial charge in [0.1, 0.15) is 5.82 Å². The highest BCUT2D eigenvalue weighted by Crippen LogP contribution is 2.32. The zero-order valence-corrected chi connectivity index (χ0v) is 10.6. The normalized spacial score (nSPS) is 19.7. The van der Waals surface area contributed by atoms with Crippen molar-refractivity contribution in [3.8, 4) is 0 Å². The van der Waals surface area contributed by atoms with E-state index in [4.69, 9.17) is 5.73 Å². The van der Waals surface area contributed by atoms with Crippen LogP contribution in [0.3, 0.4) is 0 Å². The molecule has 1 saturated heterocycles. The Labute approximate surface area is 104 Å². The monoisotopic (exact) mass is 286 g/mol. The Balaban J connectivity index is 2.22. The number of halogens is 2. The quantitative estimate of drug-likeness (QED) is 0.877. The van der Waals surface area contributed by atoms with Crippen molar-refractivity contribution in [2.24, 2.45) is 11.7 Å². The van der Waals surface area contributed by atoms with Crippen LogP contribution in [0.5, 0.6) is 0 Å². The molecule has 0 radical (unpaired) electrons. The number of hydrogen-bond acceptors (Lipinski definition) is 2. The van der Waals surface area contributed by atoms with Crippen LogP contribution in [0.15, 0.2) is 22.7 Å². The molecule has 4 heteroatoms. The van der Waals surface area contributed by atoms with Crippen molar-refractivity contribution in [3.63, 3.8) is 0 Å². The summed E-state index contributed by atoms with van der Waals surface area (Å²) in [5.41, 5.74) is 6.79. The second-order valence-corrected chi connectivity index (χ2v) is 5.10. The minimum Gasteiger partial charge on any atom is -0.324 e. The third-order valence-corrected chi connectivity index (χ3v) is 3.92. The summed E-state index contributed by atoms with van der Waals surface area (Å²) in [6.07, 6.45) is 2.03. The van der Waals surface area contributed by atoms with Gasteiger partial charge in [-0.1, -0.05) is 22.0 Å². The highest BCUT2D eigenvalue weighted by atomic mass is 79.9. The van der Waals surface area contributed by atoms with E-state index < -0.39 is 0 Å². The summed E-state index contributed by atoms with van der Waals surface area (Å²) in [5.74, 6) is 0.162. The van der Waals surface area contributed by atoms with Gasteiger partial charge in [-0.3, -0.25) is 0 Å². The van der Waals surface area contributed by atoms with Crippen LogP contribution in [0.4, 0.5) is 4.39 Å². The number of hydrogen-bond donors (Lipinski definition) is 2. The number of benzene rings is 1. The average Bonchev–Trinajstić information content (AvgIpc) is 2.30. The van der Waals surface area contributed by atoms with E-state index in [1.807, 2.05) is 6.07 Å². The lowest BCUT2D eigenvalue weighted by Gasteiger charge is -2.29. The van der Waals surface area contributed by atoms with Gasteiger partial charge in [0.05, 0.1) is 0 Å². The second kappa shape index (κ2) is 5.25. The first-order valence-corrected chi connectivity index (χ1v) is 6.39. The summed E-state index contributed by atoms with van der Waals surface area (Å²) >= 11 is 3.38. The van der Waals surface area contributed by atoms with Crippen LogP contribution in [-0.4, -0.2) is 13.1 Å². The number of rotatable bonds is 2. The molecule has 0 bridgehead atoms. The van der Waals surface area contributed by atoms with Gasteiger partial charge in [0.25, 0.3) is 0 Å². The molecule has 1 fully saturated rings. The Bertz CT molecular complexity index is 344. The summed E-state index contributed by atoms with van der Waals surface area (Å²) in [6, 6.07) is 4.80. The van der Waals surface area contributed by atoms with Crippen molar-refractivity contribution >= 4 is 15.9 Å². The van der Waals surface area contributed by atoms with Gasteiger partial charge >= 0.3 is 0 Å². The molecule has 1 aliphatic heterocycles. The maximum absolute atomic E-state index is 13.7. The number of nitrogens with one attached hydrogen (secondary N) is 1. The van der Waals surface area contributed by atoms with Gasteiger partial charge in [0.15, 0.2) is 0 Å². The lowest BCUT2D eigenvalue weighted by Crippen LogP contribution is -2.34. The molecular weight excluding hydrogens is 271 g/mol. The summed E-state index contributed by atoms with van der Waals surface area (Å²) in [5, 5.41) is 3.29. The standard InChI is InChI=1S/C12H16BrFN2/c13-9-2-1-3-10(14)11(9)12(15)8-4-6-16-7-5-8/h1-3,8,12,16H,4-7,15H2/t12-/m1/s1. The van der Waals surface area contributed by atoms with E-state index in [1.165, 1.54) is 6.07 Å². The lowest BCUT2D eigenvalue weighted by atomic mass is 9.86. The minimum atomic E-state index is -0.210. The third kappa shape index (κ3) is 2.44. The van der Waals surface area contributed by atoms with Crippen molar-refractivity contribution in [3.05, 3.63) is 34.1 Å². The van der Waals surface area contributed by atoms with Crippen LogP contribution in [0, 0.1) is 11.7 Å². The fourth-order valence-corrected chi connectivity index (χ4v) is 2.87. The molecule has 3 N–H and O–H groups in total. The summed E-state index contributed by atoms with van der Waals surface area (Å²) in [4.78, 5) is 0. The van der Waals surface area contributed by atoms with Crippen molar-refractivity contribution in [1.82, 2.24) is 5.32 Å². The highest BCUT2D eigenvalue weighted by Gasteiger charge is 2.25. The fourth-order valence-electron chi connectivity index (χ4n) is 2.27. The molecule has 0 aromatic heterocycles. The van der Waals surface area contributed by atoms with Crippen LogP contribution in [0.2, 0.25) is 0 Å². The summed E-state index contributed by atoms with van der Waals surface area (Å²) in [7, 11) is 0. The second-order valence-electron chi connectivity index (χ2n) is 4.25. The van der Waals surface area contributed by atoms with Crippen molar-refractivity contribution in [2.75, 3.05) is 13.1 Å². The van der Waals surface area contributed by atoms with E-state index in [0.717, 1.165) is 30.4 Å². The third-order valence-electron chi connectivity index (χ3n) is 3.22. The first kappa shape index (κ1) is 12.0. The molecule has 1 atom stereocenters. The number of nitrogens with two attached hydrogens (primary N) is 1. The predicted molar refractivity (Wildman–Crippen MR) is 66.6 cm³/mol. The van der Waals surface area contributed by atoms with Gasteiger partial charge in [-0.25, -0.2) is 4.39 Å². The molecule has 1 aromatic rings. The van der Waals surface area contributed by atoms with Crippen LogP contribution in [0.1, 0.15) is 24.4 Å². The van der Waals surface area contributed by atoms with E-state index in [9.17, 15) is 4.39 Å². The topological polar surface area (TPSA) is 38.0 Å². The first-order chi connectivity index (χ1) is 7.70. The van der Waals surface area contributed by atoms with Gasteiger partial charge < -0.3 is 11.1 Å². The van der Waals surface area contributed by atoms with Gasteiger partial charge in [-0.05, 0) is 44.0 Å². The summed E-state index contributed by atoms with van der Waals surface area (Å²) < 4.78 is 14.5. The van der Waals surface area contributed by atoms with E-state index in [0.29, 0.717) is 11.5 Å². The zero-order valence-electron chi connectivity index (χ0n) is 9.05. The Morgan fingerprint density at radius 3 is 2.69 bits per heavy atom. The maximum Gasteiger partial charge on any atom is 0.129 e. The molecule has 0 aliphatic carbocycles. The Morgan fingerprint density at radius 2 is 2.06 bits per heavy atom. The lowest BCUT2D eigenvalue weighted by molar-refractivity contribution is 0.316. The van der Waals surface area contributed by atoms with Crippen molar-refractivity contribution in [1.29, 1.82) is 0 Å². The van der Waals surface area contributed by atoms with E-state index in [1.54, 1.807) is 6.07 Å². The molecule has 0 spiro atoms. The molecule has 88 valence electrons. The Kier molecular flexibility index (Phi) is 3.95. The highest BCUT2D eigenvalue weighted by molar-refractivity contribution is 9.10.